The van der Waals surface area contributed by atoms with E-state index in [2.05, 4.69) is 30.9 Å². The van der Waals surface area contributed by atoms with Gasteiger partial charge >= 0.3 is 11.7 Å². The lowest BCUT2D eigenvalue weighted by atomic mass is 10.1. The lowest BCUT2D eigenvalue weighted by Gasteiger charge is -2.17. The van der Waals surface area contributed by atoms with Gasteiger partial charge in [0.25, 0.3) is 5.56 Å². The van der Waals surface area contributed by atoms with Gasteiger partial charge in [0.15, 0.2) is 0 Å². The Morgan fingerprint density at radius 3 is 2.48 bits per heavy atom. The summed E-state index contributed by atoms with van der Waals surface area (Å²) in [7, 11) is 0. The minimum atomic E-state index is -0.716. The van der Waals surface area contributed by atoms with E-state index in [1.54, 1.807) is 6.92 Å². The maximum atomic E-state index is 12.1. The van der Waals surface area contributed by atoms with Crippen molar-refractivity contribution >= 4 is 21.9 Å². The molecule has 0 aliphatic carbocycles. The van der Waals surface area contributed by atoms with Gasteiger partial charge in [-0.2, -0.15) is 0 Å². The highest BCUT2D eigenvalue weighted by Crippen LogP contribution is 2.30. The fraction of sp³-hybridized carbons (Fsp3) is 0.773. The number of rotatable bonds is 15. The van der Waals surface area contributed by atoms with Crippen molar-refractivity contribution in [1.82, 2.24) is 9.55 Å². The summed E-state index contributed by atoms with van der Waals surface area (Å²) in [5, 5.41) is 4.81. The van der Waals surface area contributed by atoms with Crippen molar-refractivity contribution in [2.75, 3.05) is 11.9 Å². The summed E-state index contributed by atoms with van der Waals surface area (Å²) in [6.45, 7) is 1.53. The van der Waals surface area contributed by atoms with Crippen molar-refractivity contribution in [3.8, 4) is 0 Å². The molecule has 0 amide bonds. The van der Waals surface area contributed by atoms with Crippen LogP contribution in [0.1, 0.15) is 82.4 Å². The molecular weight excluding hydrogens is 494 g/mol. The summed E-state index contributed by atoms with van der Waals surface area (Å²) in [6, 6.07) is -0.582. The first-order chi connectivity index (χ1) is 16.0. The zero-order valence-corrected chi connectivity index (χ0v) is 20.8. The van der Waals surface area contributed by atoms with Crippen molar-refractivity contribution in [1.29, 1.82) is 0 Å². The van der Waals surface area contributed by atoms with E-state index in [1.807, 2.05) is 0 Å². The van der Waals surface area contributed by atoms with Gasteiger partial charge in [0.2, 0.25) is 0 Å². The highest BCUT2D eigenvalue weighted by Gasteiger charge is 2.37. The Bertz CT molecular complexity index is 911. The molecule has 0 spiro atoms. The highest BCUT2D eigenvalue weighted by atomic mass is 79.9. The number of H-pyrrole nitrogens is 1. The van der Waals surface area contributed by atoms with E-state index in [9.17, 15) is 14.4 Å². The molecule has 2 rings (SSSR count). The van der Waals surface area contributed by atoms with Gasteiger partial charge in [0, 0.05) is 34.8 Å². The summed E-state index contributed by atoms with van der Waals surface area (Å²) in [5.74, 6) is -0.312. The Labute approximate surface area is 201 Å². The number of nitrogens with one attached hydrogen (secondary N) is 1. The molecule has 0 radical (unpaired) electrons. The molecule has 0 aromatic carbocycles. The maximum absolute atomic E-state index is 12.1. The van der Waals surface area contributed by atoms with Crippen LogP contribution in [0.15, 0.2) is 20.9 Å². The van der Waals surface area contributed by atoms with Crippen LogP contribution in [0, 0.1) is 6.92 Å². The number of ether oxygens (including phenoxy) is 2. The fourth-order valence-electron chi connectivity index (χ4n) is 3.87. The van der Waals surface area contributed by atoms with Gasteiger partial charge in [0.1, 0.15) is 18.9 Å². The molecule has 1 fully saturated rings. The Hall–Kier alpha value is -2.10. The van der Waals surface area contributed by atoms with E-state index in [1.165, 1.54) is 49.3 Å². The van der Waals surface area contributed by atoms with Gasteiger partial charge in [-0.3, -0.25) is 19.1 Å². The first kappa shape index (κ1) is 27.1. The number of aryl methyl sites for hydroxylation is 1. The summed E-state index contributed by atoms with van der Waals surface area (Å²) in [4.78, 5) is 40.9. The molecule has 1 aliphatic heterocycles. The van der Waals surface area contributed by atoms with E-state index in [0.717, 1.165) is 24.6 Å². The largest absolute Gasteiger partial charge is 0.463 e. The molecule has 1 aromatic heterocycles. The molecule has 1 aliphatic rings. The van der Waals surface area contributed by atoms with Crippen molar-refractivity contribution in [2.45, 2.75) is 95.9 Å². The minimum Gasteiger partial charge on any atom is -0.463 e. The summed E-state index contributed by atoms with van der Waals surface area (Å²) >= 11 is 3.44. The number of carbonyl (C=O) groups excluding carboxylic acids is 1. The number of unbranched alkanes of at least 4 members (excludes halogenated alkanes) is 8. The number of hydrogen-bond acceptors (Lipinski definition) is 6. The first-order valence-corrected chi connectivity index (χ1v) is 12.8. The van der Waals surface area contributed by atoms with Crippen LogP contribution in [0.25, 0.3) is 10.4 Å². The third kappa shape index (κ3) is 9.35. The number of nitrogens with zero attached hydrogens (tertiary/aromatic N) is 4. The van der Waals surface area contributed by atoms with Crippen LogP contribution in [0.5, 0.6) is 0 Å². The zero-order valence-electron chi connectivity index (χ0n) is 19.2. The van der Waals surface area contributed by atoms with Crippen molar-refractivity contribution in [2.24, 2.45) is 5.11 Å². The molecule has 0 saturated carbocycles. The molecule has 1 saturated heterocycles. The second-order valence-electron chi connectivity index (χ2n) is 8.42. The normalized spacial score (nSPS) is 19.9. The Balaban J connectivity index is 1.71. The van der Waals surface area contributed by atoms with Crippen LogP contribution in [0.3, 0.4) is 0 Å². The second kappa shape index (κ2) is 14.9. The third-order valence-corrected chi connectivity index (χ3v) is 6.34. The minimum absolute atomic E-state index is 0.0511. The highest BCUT2D eigenvalue weighted by molar-refractivity contribution is 9.09. The molecule has 0 bridgehead atoms. The lowest BCUT2D eigenvalue weighted by molar-refractivity contribution is -0.148. The molecule has 1 N–H and O–H groups in total. The van der Waals surface area contributed by atoms with Crippen LogP contribution in [0.2, 0.25) is 0 Å². The number of azide groups is 1. The van der Waals surface area contributed by atoms with Crippen molar-refractivity contribution < 1.29 is 14.3 Å². The van der Waals surface area contributed by atoms with Crippen LogP contribution in [0.4, 0.5) is 0 Å². The van der Waals surface area contributed by atoms with Gasteiger partial charge in [-0.25, -0.2) is 4.79 Å². The van der Waals surface area contributed by atoms with Crippen LogP contribution >= 0.6 is 15.9 Å². The predicted molar refractivity (Wildman–Crippen MR) is 128 cm³/mol. The molecule has 33 heavy (non-hydrogen) atoms. The predicted octanol–water partition coefficient (Wildman–Crippen LogP) is 4.65. The molecular formula is C22H34BrN5O5. The average molecular weight is 528 g/mol. The molecule has 11 heteroatoms. The number of carbonyl (C=O) groups is 1. The SMILES string of the molecule is Cc1cn([C@H]2CC(N=[N+]=[N-])[C@@H](COC(=O)CCCCCCCCCCCBr)O2)c(=O)[nH]c1=O. The number of esters is 1. The second-order valence-corrected chi connectivity index (χ2v) is 9.21. The number of aromatic amines is 1. The fourth-order valence-corrected chi connectivity index (χ4v) is 4.27. The van der Waals surface area contributed by atoms with E-state index in [-0.39, 0.29) is 19.0 Å². The van der Waals surface area contributed by atoms with Gasteiger partial charge < -0.3 is 9.47 Å². The standard InChI is InChI=1S/C22H34BrN5O5/c1-16-14-28(22(31)25-21(16)30)19-13-17(26-27-24)18(33-19)15-32-20(29)11-9-7-5-3-2-4-6-8-10-12-23/h14,17-19H,2-13,15H2,1H3,(H,25,30,31)/t17?,18-,19-/m1/s1. The van der Waals surface area contributed by atoms with E-state index < -0.39 is 29.6 Å². The average Bonchev–Trinajstić information content (AvgIpc) is 3.18. The molecule has 184 valence electrons. The van der Waals surface area contributed by atoms with Gasteiger partial charge in [0.05, 0.1) is 6.04 Å². The zero-order chi connectivity index (χ0) is 24.1. The number of aromatic nitrogens is 2. The van der Waals surface area contributed by atoms with Gasteiger partial charge in [-0.1, -0.05) is 66.0 Å². The molecule has 2 heterocycles. The van der Waals surface area contributed by atoms with Crippen LogP contribution < -0.4 is 11.2 Å². The number of halogens is 1. The Morgan fingerprint density at radius 2 is 1.85 bits per heavy atom. The van der Waals surface area contributed by atoms with Crippen LogP contribution in [-0.2, 0) is 14.3 Å². The number of hydrogen-bond donors (Lipinski definition) is 1. The van der Waals surface area contributed by atoms with E-state index >= 15 is 0 Å². The lowest BCUT2D eigenvalue weighted by Crippen LogP contribution is -2.33. The molecule has 1 aromatic rings. The first-order valence-electron chi connectivity index (χ1n) is 11.7. The summed E-state index contributed by atoms with van der Waals surface area (Å²) < 4.78 is 12.5. The molecule has 1 unspecified atom stereocenters. The molecule has 10 nitrogen and oxygen atoms in total. The third-order valence-electron chi connectivity index (χ3n) is 5.78. The topological polar surface area (TPSA) is 139 Å². The monoisotopic (exact) mass is 527 g/mol. The number of alkyl halides is 1. The molecule has 3 atom stereocenters. The van der Waals surface area contributed by atoms with E-state index in [0.29, 0.717) is 12.0 Å². The maximum Gasteiger partial charge on any atom is 0.330 e. The Morgan fingerprint density at radius 1 is 1.21 bits per heavy atom. The van der Waals surface area contributed by atoms with Gasteiger partial charge in [-0.05, 0) is 25.3 Å². The van der Waals surface area contributed by atoms with Crippen molar-refractivity contribution in [3.05, 3.63) is 43.0 Å². The van der Waals surface area contributed by atoms with E-state index in [4.69, 9.17) is 15.0 Å². The van der Waals surface area contributed by atoms with Crippen LogP contribution in [-0.4, -0.2) is 39.6 Å². The smallest absolute Gasteiger partial charge is 0.330 e. The summed E-state index contributed by atoms with van der Waals surface area (Å²) in [5.41, 5.74) is 8.15. The van der Waals surface area contributed by atoms with Gasteiger partial charge in [-0.15, -0.1) is 0 Å². The summed E-state index contributed by atoms with van der Waals surface area (Å²) in [6.07, 6.45) is 11.0. The quantitative estimate of drug-likeness (QED) is 0.0882. The Kier molecular flexibility index (Phi) is 12.3. The van der Waals surface area contributed by atoms with Crippen molar-refractivity contribution in [3.63, 3.8) is 0 Å².